The summed E-state index contributed by atoms with van der Waals surface area (Å²) in [5, 5.41) is 7.40. The molecule has 1 fully saturated rings. The minimum atomic E-state index is -0.00689. The summed E-state index contributed by atoms with van der Waals surface area (Å²) >= 11 is 0. The van der Waals surface area contributed by atoms with Gasteiger partial charge in [0.2, 0.25) is 11.7 Å². The molecule has 0 saturated heterocycles. The first-order valence-corrected chi connectivity index (χ1v) is 7.42. The number of hydrogen-bond acceptors (Lipinski definition) is 5. The van der Waals surface area contributed by atoms with E-state index in [4.69, 9.17) is 9.26 Å². The second kappa shape index (κ2) is 6.26. The van der Waals surface area contributed by atoms with E-state index in [2.05, 4.69) is 46.6 Å². The summed E-state index contributed by atoms with van der Waals surface area (Å²) in [4.78, 5) is 4.45. The van der Waals surface area contributed by atoms with Gasteiger partial charge in [0.15, 0.2) is 0 Å². The molecule has 0 amide bonds. The van der Waals surface area contributed by atoms with Crippen molar-refractivity contribution in [1.82, 2.24) is 10.1 Å². The lowest BCUT2D eigenvalue weighted by atomic mass is 10.2. The average Bonchev–Trinajstić information content (AvgIpc) is 3.21. The Labute approximate surface area is 124 Å². The van der Waals surface area contributed by atoms with Gasteiger partial charge in [-0.2, -0.15) is 4.98 Å². The molecule has 1 saturated carbocycles. The second-order valence-electron chi connectivity index (χ2n) is 5.58. The fourth-order valence-corrected chi connectivity index (χ4v) is 2.38. The first kappa shape index (κ1) is 14.1. The van der Waals surface area contributed by atoms with Gasteiger partial charge in [-0.1, -0.05) is 22.9 Å². The average molecular weight is 287 g/mol. The van der Waals surface area contributed by atoms with Gasteiger partial charge >= 0.3 is 0 Å². The molecular formula is C16H21N3O2. The van der Waals surface area contributed by atoms with Crippen molar-refractivity contribution in [3.8, 4) is 0 Å². The third kappa shape index (κ3) is 3.61. The highest BCUT2D eigenvalue weighted by molar-refractivity contribution is 5.44. The zero-order chi connectivity index (χ0) is 14.7. The van der Waals surface area contributed by atoms with Gasteiger partial charge in [-0.25, -0.2) is 0 Å². The van der Waals surface area contributed by atoms with E-state index in [0.29, 0.717) is 24.1 Å². The molecule has 1 unspecified atom stereocenters. The Balaban J connectivity index is 1.51. The van der Waals surface area contributed by atoms with E-state index < -0.39 is 0 Å². The number of ether oxygens (including phenoxy) is 1. The number of anilines is 1. The molecule has 1 atom stereocenters. The normalized spacial score (nSPS) is 15.9. The Morgan fingerprint density at radius 3 is 2.76 bits per heavy atom. The third-order valence-electron chi connectivity index (χ3n) is 3.76. The van der Waals surface area contributed by atoms with E-state index in [0.717, 1.165) is 12.2 Å². The first-order valence-electron chi connectivity index (χ1n) is 7.42. The minimum Gasteiger partial charge on any atom is -0.385 e. The summed E-state index contributed by atoms with van der Waals surface area (Å²) in [5.74, 6) is 1.91. The standard InChI is InChI=1S/C16H21N3O2/c1-11-3-7-13(8-4-11)17-10-9-14-18-16(19-21-14)15(20-2)12-5-6-12/h3-4,7-8,12,15,17H,5-6,9-10H2,1-2H3. The van der Waals surface area contributed by atoms with E-state index in [-0.39, 0.29) is 6.10 Å². The number of nitrogens with one attached hydrogen (secondary N) is 1. The Bertz CT molecular complexity index is 575. The van der Waals surface area contributed by atoms with Gasteiger partial charge in [-0.3, -0.25) is 0 Å². The summed E-state index contributed by atoms with van der Waals surface area (Å²) < 4.78 is 10.8. The Morgan fingerprint density at radius 1 is 1.33 bits per heavy atom. The van der Waals surface area contributed by atoms with Crippen LogP contribution in [0, 0.1) is 12.8 Å². The Morgan fingerprint density at radius 2 is 2.10 bits per heavy atom. The summed E-state index contributed by atoms with van der Waals surface area (Å²) in [6, 6.07) is 8.32. The van der Waals surface area contributed by atoms with Crippen LogP contribution >= 0.6 is 0 Å². The lowest BCUT2D eigenvalue weighted by Crippen LogP contribution is -2.07. The molecule has 1 aromatic heterocycles. The van der Waals surface area contributed by atoms with E-state index in [1.54, 1.807) is 7.11 Å². The van der Waals surface area contributed by atoms with Crippen LogP contribution in [0.4, 0.5) is 5.69 Å². The molecule has 0 spiro atoms. The van der Waals surface area contributed by atoms with Crippen LogP contribution < -0.4 is 5.32 Å². The SMILES string of the molecule is COC(c1noc(CCNc2ccc(C)cc2)n1)C1CC1. The van der Waals surface area contributed by atoms with Crippen molar-refractivity contribution < 1.29 is 9.26 Å². The van der Waals surface area contributed by atoms with Gasteiger partial charge in [0.1, 0.15) is 6.10 Å². The molecule has 0 bridgehead atoms. The second-order valence-corrected chi connectivity index (χ2v) is 5.58. The van der Waals surface area contributed by atoms with Crippen molar-refractivity contribution in [3.05, 3.63) is 41.5 Å². The topological polar surface area (TPSA) is 60.2 Å². The van der Waals surface area contributed by atoms with Crippen molar-refractivity contribution in [2.24, 2.45) is 5.92 Å². The molecular weight excluding hydrogens is 266 g/mol. The van der Waals surface area contributed by atoms with Crippen LogP contribution in [0.5, 0.6) is 0 Å². The number of rotatable bonds is 7. The molecule has 3 rings (SSSR count). The highest BCUT2D eigenvalue weighted by Gasteiger charge is 2.35. The molecule has 1 aliphatic carbocycles. The molecule has 5 heteroatoms. The maximum absolute atomic E-state index is 5.46. The molecule has 2 aromatic rings. The van der Waals surface area contributed by atoms with Gasteiger partial charge in [0.25, 0.3) is 0 Å². The van der Waals surface area contributed by atoms with Crippen LogP contribution in [0.15, 0.2) is 28.8 Å². The Kier molecular flexibility index (Phi) is 4.20. The lowest BCUT2D eigenvalue weighted by Gasteiger charge is -2.08. The van der Waals surface area contributed by atoms with Gasteiger partial charge in [0.05, 0.1) is 0 Å². The molecule has 112 valence electrons. The molecule has 1 heterocycles. The Hall–Kier alpha value is -1.88. The highest BCUT2D eigenvalue weighted by atomic mass is 16.5. The maximum Gasteiger partial charge on any atom is 0.228 e. The van der Waals surface area contributed by atoms with E-state index in [1.807, 2.05) is 0 Å². The van der Waals surface area contributed by atoms with Crippen molar-refractivity contribution >= 4 is 5.69 Å². The molecule has 0 radical (unpaired) electrons. The molecule has 1 aromatic carbocycles. The summed E-state index contributed by atoms with van der Waals surface area (Å²) in [5.41, 5.74) is 2.36. The van der Waals surface area contributed by atoms with Crippen molar-refractivity contribution in [1.29, 1.82) is 0 Å². The van der Waals surface area contributed by atoms with Gasteiger partial charge in [-0.05, 0) is 37.8 Å². The van der Waals surface area contributed by atoms with E-state index in [1.165, 1.54) is 18.4 Å². The minimum absolute atomic E-state index is 0.00689. The third-order valence-corrected chi connectivity index (χ3v) is 3.76. The van der Waals surface area contributed by atoms with Crippen LogP contribution in [0.3, 0.4) is 0 Å². The van der Waals surface area contributed by atoms with Gasteiger partial charge in [0, 0.05) is 25.8 Å². The molecule has 5 nitrogen and oxygen atoms in total. The van der Waals surface area contributed by atoms with Crippen LogP contribution in [0.25, 0.3) is 0 Å². The number of nitrogens with zero attached hydrogens (tertiary/aromatic N) is 2. The number of aromatic nitrogens is 2. The summed E-state index contributed by atoms with van der Waals surface area (Å²) in [7, 11) is 1.71. The van der Waals surface area contributed by atoms with Gasteiger partial charge < -0.3 is 14.6 Å². The van der Waals surface area contributed by atoms with E-state index in [9.17, 15) is 0 Å². The number of hydrogen-bond donors (Lipinski definition) is 1. The van der Waals surface area contributed by atoms with Crippen LogP contribution in [-0.4, -0.2) is 23.8 Å². The van der Waals surface area contributed by atoms with Crippen LogP contribution in [-0.2, 0) is 11.2 Å². The number of methoxy groups -OCH3 is 1. The van der Waals surface area contributed by atoms with Crippen molar-refractivity contribution in [3.63, 3.8) is 0 Å². The lowest BCUT2D eigenvalue weighted by molar-refractivity contribution is 0.0751. The first-order chi connectivity index (χ1) is 10.3. The molecule has 0 aliphatic heterocycles. The number of aryl methyl sites for hydroxylation is 1. The quantitative estimate of drug-likeness (QED) is 0.847. The predicted octanol–water partition coefficient (Wildman–Crippen LogP) is 3.13. The smallest absolute Gasteiger partial charge is 0.228 e. The van der Waals surface area contributed by atoms with Crippen molar-refractivity contribution in [2.75, 3.05) is 19.0 Å². The monoisotopic (exact) mass is 287 g/mol. The predicted molar refractivity (Wildman–Crippen MR) is 80.1 cm³/mol. The fourth-order valence-electron chi connectivity index (χ4n) is 2.38. The maximum atomic E-state index is 5.46. The van der Waals surface area contributed by atoms with Crippen LogP contribution in [0.2, 0.25) is 0 Å². The zero-order valence-electron chi connectivity index (χ0n) is 12.5. The summed E-state index contributed by atoms with van der Waals surface area (Å²) in [6.45, 7) is 2.85. The molecule has 21 heavy (non-hydrogen) atoms. The summed E-state index contributed by atoms with van der Waals surface area (Å²) in [6.07, 6.45) is 3.09. The van der Waals surface area contributed by atoms with Crippen LogP contribution in [0.1, 0.15) is 36.2 Å². The fraction of sp³-hybridized carbons (Fsp3) is 0.500. The zero-order valence-corrected chi connectivity index (χ0v) is 12.5. The van der Waals surface area contributed by atoms with Gasteiger partial charge in [-0.15, -0.1) is 0 Å². The van der Waals surface area contributed by atoms with E-state index >= 15 is 0 Å². The largest absolute Gasteiger partial charge is 0.385 e. The number of benzene rings is 1. The highest BCUT2D eigenvalue weighted by Crippen LogP contribution is 2.41. The molecule has 1 aliphatic rings. The molecule has 1 N–H and O–H groups in total. The van der Waals surface area contributed by atoms with Crippen molar-refractivity contribution in [2.45, 2.75) is 32.3 Å².